The van der Waals surface area contributed by atoms with Gasteiger partial charge in [0.2, 0.25) is 5.91 Å². The number of nitrogens with zero attached hydrogens (tertiary/aromatic N) is 1. The summed E-state index contributed by atoms with van der Waals surface area (Å²) in [5.74, 6) is -0.135. The van der Waals surface area contributed by atoms with Gasteiger partial charge in [0, 0.05) is 26.1 Å². The van der Waals surface area contributed by atoms with E-state index in [0.29, 0.717) is 29.1 Å². The lowest BCUT2D eigenvalue weighted by Crippen LogP contribution is -2.33. The Hall–Kier alpha value is -1.83. The van der Waals surface area contributed by atoms with Gasteiger partial charge in [-0.2, -0.15) is 0 Å². The molecule has 0 unspecified atom stereocenters. The second-order valence-electron chi connectivity index (χ2n) is 4.74. The van der Waals surface area contributed by atoms with Crippen LogP contribution in [0.2, 0.25) is 0 Å². The third-order valence-corrected chi connectivity index (χ3v) is 4.08. The first kappa shape index (κ1) is 14.6. The Morgan fingerprint density at radius 3 is 2.65 bits per heavy atom. The molecule has 0 bridgehead atoms. The molecular formula is C12H19N5O2S. The Bertz CT molecular complexity index is 498. The molecule has 1 aliphatic carbocycles. The van der Waals surface area contributed by atoms with Gasteiger partial charge in [-0.05, 0) is 19.3 Å². The number of anilines is 2. The van der Waals surface area contributed by atoms with Crippen molar-refractivity contribution in [3.8, 4) is 0 Å². The highest BCUT2D eigenvalue weighted by Gasteiger charge is 2.21. The van der Waals surface area contributed by atoms with E-state index < -0.39 is 0 Å². The monoisotopic (exact) mass is 297 g/mol. The molecule has 1 heterocycles. The summed E-state index contributed by atoms with van der Waals surface area (Å²) in [4.78, 5) is 27.2. The molecule has 5 N–H and O–H groups in total. The van der Waals surface area contributed by atoms with Gasteiger partial charge in [-0.25, -0.2) is 4.98 Å². The van der Waals surface area contributed by atoms with E-state index in [9.17, 15) is 9.59 Å². The Labute approximate surface area is 121 Å². The summed E-state index contributed by atoms with van der Waals surface area (Å²) in [5, 5.41) is 9.26. The summed E-state index contributed by atoms with van der Waals surface area (Å²) in [6, 6.07) is 0.455. The normalized spacial score (nSPS) is 14.4. The molecule has 0 radical (unpaired) electrons. The highest BCUT2D eigenvalue weighted by atomic mass is 32.1. The van der Waals surface area contributed by atoms with Crippen LogP contribution in [0.4, 0.5) is 10.9 Å². The quantitative estimate of drug-likeness (QED) is 0.574. The van der Waals surface area contributed by atoms with E-state index in [1.165, 1.54) is 24.7 Å². The number of aromatic nitrogens is 1. The molecule has 2 amide bonds. The molecule has 0 spiro atoms. The molecule has 1 aliphatic rings. The van der Waals surface area contributed by atoms with Crippen LogP contribution in [0.3, 0.4) is 0 Å². The van der Waals surface area contributed by atoms with Crippen LogP contribution in [0.25, 0.3) is 0 Å². The van der Waals surface area contributed by atoms with E-state index in [-0.39, 0.29) is 17.6 Å². The minimum atomic E-state index is -0.257. The summed E-state index contributed by atoms with van der Waals surface area (Å²) in [5.41, 5.74) is 5.76. The van der Waals surface area contributed by atoms with Gasteiger partial charge in [0.15, 0.2) is 5.13 Å². The second-order valence-corrected chi connectivity index (χ2v) is 5.74. The fraction of sp³-hybridized carbons (Fsp3) is 0.583. The zero-order valence-electron chi connectivity index (χ0n) is 11.4. The molecular weight excluding hydrogens is 278 g/mol. The standard InChI is InChI=1S/C12H19N5O2S/c1-7(18)14-5-6-15-11(19)9-10(13)17-12(20-9)16-8-3-2-4-8/h8H,2-6,13H2,1H3,(H,14,18)(H,15,19)(H,16,17). The SMILES string of the molecule is CC(=O)NCCNC(=O)c1sc(NC2CCC2)nc1N. The molecule has 1 fully saturated rings. The van der Waals surface area contributed by atoms with Gasteiger partial charge in [0.05, 0.1) is 0 Å². The Balaban J connectivity index is 1.83. The van der Waals surface area contributed by atoms with Crippen molar-refractivity contribution < 1.29 is 9.59 Å². The second kappa shape index (κ2) is 6.56. The summed E-state index contributed by atoms with van der Waals surface area (Å²) >= 11 is 1.26. The topological polar surface area (TPSA) is 109 Å². The lowest BCUT2D eigenvalue weighted by Gasteiger charge is -2.25. The van der Waals surface area contributed by atoms with Gasteiger partial charge in [0.25, 0.3) is 5.91 Å². The highest BCUT2D eigenvalue weighted by molar-refractivity contribution is 7.18. The number of nitrogen functional groups attached to an aromatic ring is 1. The van der Waals surface area contributed by atoms with Crippen molar-refractivity contribution in [2.75, 3.05) is 24.1 Å². The van der Waals surface area contributed by atoms with E-state index in [1.807, 2.05) is 0 Å². The summed E-state index contributed by atoms with van der Waals surface area (Å²) < 4.78 is 0. The number of rotatable bonds is 6. The van der Waals surface area contributed by atoms with Crippen molar-refractivity contribution >= 4 is 34.1 Å². The summed E-state index contributed by atoms with van der Waals surface area (Å²) in [6.07, 6.45) is 3.50. The Morgan fingerprint density at radius 2 is 2.05 bits per heavy atom. The van der Waals surface area contributed by atoms with Crippen molar-refractivity contribution in [1.29, 1.82) is 0 Å². The number of carbonyl (C=O) groups excluding carboxylic acids is 2. The van der Waals surface area contributed by atoms with Gasteiger partial charge in [-0.1, -0.05) is 11.3 Å². The molecule has 2 rings (SSSR count). The first-order valence-corrected chi connectivity index (χ1v) is 7.43. The average Bonchev–Trinajstić information content (AvgIpc) is 2.70. The number of hydrogen-bond acceptors (Lipinski definition) is 6. The molecule has 8 heteroatoms. The first-order chi connectivity index (χ1) is 9.56. The number of amides is 2. The van der Waals surface area contributed by atoms with Crippen LogP contribution in [0.1, 0.15) is 35.9 Å². The minimum Gasteiger partial charge on any atom is -0.382 e. The van der Waals surface area contributed by atoms with Crippen LogP contribution in [0, 0.1) is 0 Å². The van der Waals surface area contributed by atoms with E-state index in [1.54, 1.807) is 0 Å². The summed E-state index contributed by atoms with van der Waals surface area (Å²) in [6.45, 7) is 2.19. The van der Waals surface area contributed by atoms with Gasteiger partial charge in [-0.3, -0.25) is 9.59 Å². The first-order valence-electron chi connectivity index (χ1n) is 6.61. The number of carbonyl (C=O) groups is 2. The fourth-order valence-corrected chi connectivity index (χ4v) is 2.66. The third kappa shape index (κ3) is 3.83. The fourth-order valence-electron chi connectivity index (χ4n) is 1.78. The zero-order valence-corrected chi connectivity index (χ0v) is 12.2. The number of nitrogens with two attached hydrogens (primary N) is 1. The number of hydrogen-bond donors (Lipinski definition) is 4. The van der Waals surface area contributed by atoms with Crippen LogP contribution in [-0.4, -0.2) is 35.9 Å². The van der Waals surface area contributed by atoms with Crippen LogP contribution in [0.5, 0.6) is 0 Å². The van der Waals surface area contributed by atoms with E-state index in [2.05, 4.69) is 20.9 Å². The van der Waals surface area contributed by atoms with Gasteiger partial charge >= 0.3 is 0 Å². The highest BCUT2D eigenvalue weighted by Crippen LogP contribution is 2.29. The molecule has 1 saturated carbocycles. The smallest absolute Gasteiger partial charge is 0.265 e. The Morgan fingerprint density at radius 1 is 1.35 bits per heavy atom. The van der Waals surface area contributed by atoms with Gasteiger partial charge in [0.1, 0.15) is 10.7 Å². The van der Waals surface area contributed by atoms with Crippen molar-refractivity contribution in [3.63, 3.8) is 0 Å². The van der Waals surface area contributed by atoms with Crippen molar-refractivity contribution in [3.05, 3.63) is 4.88 Å². The molecule has 1 aromatic rings. The van der Waals surface area contributed by atoms with Crippen molar-refractivity contribution in [2.45, 2.75) is 32.2 Å². The molecule has 0 saturated heterocycles. The van der Waals surface area contributed by atoms with Gasteiger partial charge < -0.3 is 21.7 Å². The maximum Gasteiger partial charge on any atom is 0.265 e. The van der Waals surface area contributed by atoms with Crippen LogP contribution >= 0.6 is 11.3 Å². The Kier molecular flexibility index (Phi) is 4.78. The lowest BCUT2D eigenvalue weighted by molar-refractivity contribution is -0.118. The van der Waals surface area contributed by atoms with Crippen LogP contribution in [-0.2, 0) is 4.79 Å². The maximum atomic E-state index is 11.9. The zero-order chi connectivity index (χ0) is 14.5. The average molecular weight is 297 g/mol. The predicted molar refractivity (Wildman–Crippen MR) is 78.8 cm³/mol. The predicted octanol–water partition coefficient (Wildman–Crippen LogP) is 0.556. The number of nitrogens with one attached hydrogen (secondary N) is 3. The van der Waals surface area contributed by atoms with Crippen molar-refractivity contribution in [1.82, 2.24) is 15.6 Å². The maximum absolute atomic E-state index is 11.9. The van der Waals surface area contributed by atoms with E-state index in [4.69, 9.17) is 5.73 Å². The minimum absolute atomic E-state index is 0.122. The largest absolute Gasteiger partial charge is 0.382 e. The molecule has 7 nitrogen and oxygen atoms in total. The lowest BCUT2D eigenvalue weighted by atomic mass is 9.93. The molecule has 20 heavy (non-hydrogen) atoms. The molecule has 0 atom stereocenters. The molecule has 1 aromatic heterocycles. The van der Waals surface area contributed by atoms with Crippen LogP contribution < -0.4 is 21.7 Å². The number of thiazole rings is 1. The van der Waals surface area contributed by atoms with Crippen molar-refractivity contribution in [2.24, 2.45) is 0 Å². The molecule has 110 valence electrons. The molecule has 0 aromatic carbocycles. The van der Waals surface area contributed by atoms with Crippen LogP contribution in [0.15, 0.2) is 0 Å². The van der Waals surface area contributed by atoms with E-state index >= 15 is 0 Å². The molecule has 0 aliphatic heterocycles. The van der Waals surface area contributed by atoms with Gasteiger partial charge in [-0.15, -0.1) is 0 Å². The third-order valence-electron chi connectivity index (χ3n) is 3.08. The van der Waals surface area contributed by atoms with E-state index in [0.717, 1.165) is 12.8 Å². The summed E-state index contributed by atoms with van der Waals surface area (Å²) in [7, 11) is 0.